The van der Waals surface area contributed by atoms with Crippen LogP contribution in [-0.4, -0.2) is 13.1 Å². The number of benzene rings is 2. The minimum atomic E-state index is 0. The molecule has 0 spiro atoms. The molecule has 0 fully saturated rings. The zero-order valence-electron chi connectivity index (χ0n) is 14.2. The van der Waals surface area contributed by atoms with Crippen molar-refractivity contribution in [2.45, 2.75) is 25.9 Å². The zero-order chi connectivity index (χ0) is 14.2. The van der Waals surface area contributed by atoms with Crippen molar-refractivity contribution in [2.75, 3.05) is 13.1 Å². The Morgan fingerprint density at radius 2 is 0.955 bits per heavy atom. The summed E-state index contributed by atoms with van der Waals surface area (Å²) in [5, 5.41) is 9.33. The third-order valence-corrected chi connectivity index (χ3v) is 3.47. The Kier molecular flexibility index (Phi) is 11.8. The molecular weight excluding hydrogens is 258 g/mol. The van der Waals surface area contributed by atoms with Gasteiger partial charge in [0.1, 0.15) is 0 Å². The third-order valence-electron chi connectivity index (χ3n) is 3.47. The molecule has 0 unspecified atom stereocenters. The number of nitrogens with zero attached hydrogens (tertiary/aromatic N) is 2. The Balaban J connectivity index is 0.00000220. The molecule has 2 aromatic rings. The van der Waals surface area contributed by atoms with E-state index in [1.807, 2.05) is 12.1 Å². The molecule has 0 aliphatic rings. The van der Waals surface area contributed by atoms with E-state index in [0.29, 0.717) is 0 Å². The van der Waals surface area contributed by atoms with Gasteiger partial charge in [-0.1, -0.05) is 85.6 Å². The van der Waals surface area contributed by atoms with Crippen LogP contribution in [0.1, 0.15) is 37.1 Å². The van der Waals surface area contributed by atoms with Gasteiger partial charge < -0.3 is 10.6 Å². The maximum Gasteiger partial charge on any atom is 1.00 e. The molecule has 0 saturated heterocycles. The van der Waals surface area contributed by atoms with Crippen molar-refractivity contribution < 1.29 is 37.7 Å². The molecule has 2 nitrogen and oxygen atoms in total. The summed E-state index contributed by atoms with van der Waals surface area (Å²) in [5.74, 6) is 0. The van der Waals surface area contributed by atoms with Crippen LogP contribution in [-0.2, 0) is 0 Å². The smallest absolute Gasteiger partial charge is 0.657 e. The van der Waals surface area contributed by atoms with Gasteiger partial charge in [0.05, 0.1) is 0 Å². The summed E-state index contributed by atoms with van der Waals surface area (Å²) in [4.78, 5) is 0. The first-order valence-electron chi connectivity index (χ1n) is 7.20. The Hall–Kier alpha value is -0.445. The molecule has 2 rings (SSSR count). The van der Waals surface area contributed by atoms with Crippen LogP contribution < -0.4 is 37.7 Å². The number of rotatable bonds is 7. The molecule has 0 amide bonds. The predicted molar refractivity (Wildman–Crippen MR) is 86.2 cm³/mol. The average Bonchev–Trinajstić information content (AvgIpc) is 2.53. The molecule has 2 atom stereocenters. The first-order valence-corrected chi connectivity index (χ1v) is 7.20. The summed E-state index contributed by atoms with van der Waals surface area (Å²) in [7, 11) is 0. The van der Waals surface area contributed by atoms with Gasteiger partial charge >= 0.3 is 37.7 Å². The average molecular weight is 280 g/mol. The minimum Gasteiger partial charge on any atom is -0.657 e. The molecule has 106 valence electrons. The fourth-order valence-electron chi connectivity index (χ4n) is 2.18. The van der Waals surface area contributed by atoms with Crippen LogP contribution >= 0.6 is 0 Å². The third kappa shape index (κ3) is 7.21. The second-order valence-corrected chi connectivity index (χ2v) is 4.99. The maximum absolute atomic E-state index is 4.67. The topological polar surface area (TPSA) is 28.2 Å². The molecule has 0 N–H and O–H groups in total. The van der Waals surface area contributed by atoms with Gasteiger partial charge in [-0.15, -0.1) is 12.1 Å². The molecular formula is C18H22Li2N2. The molecule has 22 heavy (non-hydrogen) atoms. The van der Waals surface area contributed by atoms with E-state index >= 15 is 0 Å². The molecule has 0 bridgehead atoms. The molecule has 2 aromatic carbocycles. The van der Waals surface area contributed by atoms with E-state index in [9.17, 15) is 0 Å². The van der Waals surface area contributed by atoms with Crippen molar-refractivity contribution in [1.82, 2.24) is 0 Å². The summed E-state index contributed by atoms with van der Waals surface area (Å²) in [6, 6.07) is 21.3. The van der Waals surface area contributed by atoms with Crippen LogP contribution in [0.5, 0.6) is 0 Å². The normalized spacial score (nSPS) is 12.6. The van der Waals surface area contributed by atoms with E-state index < -0.39 is 0 Å². The Morgan fingerprint density at radius 1 is 0.636 bits per heavy atom. The Bertz CT molecular complexity index is 443. The first-order chi connectivity index (χ1) is 9.77. The quantitative estimate of drug-likeness (QED) is 0.472. The molecule has 0 aromatic heterocycles. The maximum atomic E-state index is 4.67. The van der Waals surface area contributed by atoms with Crippen molar-refractivity contribution in [2.24, 2.45) is 0 Å². The summed E-state index contributed by atoms with van der Waals surface area (Å²) in [6.45, 7) is 5.84. The van der Waals surface area contributed by atoms with Crippen molar-refractivity contribution >= 4 is 0 Å². The van der Waals surface area contributed by atoms with Gasteiger partial charge in [-0.2, -0.15) is 13.1 Å². The van der Waals surface area contributed by atoms with Crippen molar-refractivity contribution in [3.63, 3.8) is 0 Å². The van der Waals surface area contributed by atoms with Gasteiger partial charge in [0, 0.05) is 0 Å². The number of hydrogen-bond donors (Lipinski definition) is 0. The molecule has 4 heteroatoms. The van der Waals surface area contributed by atoms with Crippen molar-refractivity contribution in [1.29, 1.82) is 0 Å². The van der Waals surface area contributed by atoms with Crippen LogP contribution in [0.2, 0.25) is 0 Å². The SMILES string of the molecule is C[C@@H]([N-]CC[N-][C@H](C)c1ccccc1)c1ccccc1.[Li+].[Li+]. The second-order valence-electron chi connectivity index (χ2n) is 4.99. The van der Waals surface area contributed by atoms with Crippen LogP contribution in [0.4, 0.5) is 0 Å². The number of hydrogen-bond acceptors (Lipinski definition) is 0. The molecule has 0 aliphatic heterocycles. The summed E-state index contributed by atoms with van der Waals surface area (Å²) in [5.41, 5.74) is 2.53. The molecule has 0 aliphatic carbocycles. The van der Waals surface area contributed by atoms with Crippen LogP contribution in [0.15, 0.2) is 60.7 Å². The molecule has 0 radical (unpaired) electrons. The van der Waals surface area contributed by atoms with E-state index in [-0.39, 0.29) is 49.8 Å². The standard InChI is InChI=1S/C18H22N2.2Li/c1-15(17-9-5-3-6-10-17)19-13-14-20-16(2)18-11-7-4-8-12-18;;/h3-12,15-16H,13-14H2,1-2H3;;/q-2;2*+1/t15-,16-;;/m1../s1. The van der Waals surface area contributed by atoms with Gasteiger partial charge in [0.2, 0.25) is 0 Å². The largest absolute Gasteiger partial charge is 1.00 e. The van der Waals surface area contributed by atoms with Crippen LogP contribution in [0.3, 0.4) is 0 Å². The molecule has 0 saturated carbocycles. The van der Waals surface area contributed by atoms with Crippen molar-refractivity contribution in [3.05, 3.63) is 82.4 Å². The Labute approximate surface area is 158 Å². The van der Waals surface area contributed by atoms with Gasteiger partial charge in [0.25, 0.3) is 0 Å². The van der Waals surface area contributed by atoms with Gasteiger partial charge in [-0.3, -0.25) is 0 Å². The van der Waals surface area contributed by atoms with Crippen molar-refractivity contribution in [3.8, 4) is 0 Å². The van der Waals surface area contributed by atoms with E-state index in [2.05, 4.69) is 73.0 Å². The minimum absolute atomic E-state index is 0. The summed E-state index contributed by atoms with van der Waals surface area (Å²) >= 11 is 0. The first kappa shape index (κ1) is 21.6. The van der Waals surface area contributed by atoms with Crippen LogP contribution in [0.25, 0.3) is 10.6 Å². The van der Waals surface area contributed by atoms with E-state index in [0.717, 1.165) is 13.1 Å². The fraction of sp³-hybridized carbons (Fsp3) is 0.333. The van der Waals surface area contributed by atoms with Gasteiger partial charge in [-0.05, 0) is 0 Å². The van der Waals surface area contributed by atoms with Gasteiger partial charge in [0.15, 0.2) is 0 Å². The van der Waals surface area contributed by atoms with E-state index in [1.54, 1.807) is 0 Å². The summed E-state index contributed by atoms with van der Waals surface area (Å²) < 4.78 is 0. The van der Waals surface area contributed by atoms with E-state index in [1.165, 1.54) is 11.1 Å². The predicted octanol–water partition coefficient (Wildman–Crippen LogP) is -0.736. The van der Waals surface area contributed by atoms with Gasteiger partial charge in [-0.25, -0.2) is 0 Å². The fourth-order valence-corrected chi connectivity index (χ4v) is 2.18. The van der Waals surface area contributed by atoms with E-state index in [4.69, 9.17) is 0 Å². The monoisotopic (exact) mass is 280 g/mol. The zero-order valence-corrected chi connectivity index (χ0v) is 14.2. The Morgan fingerprint density at radius 3 is 1.27 bits per heavy atom. The second kappa shape index (κ2) is 12.0. The summed E-state index contributed by atoms with van der Waals surface area (Å²) in [6.07, 6.45) is 0. The van der Waals surface area contributed by atoms with Crippen LogP contribution in [0, 0.1) is 0 Å². The molecule has 0 heterocycles.